The van der Waals surface area contributed by atoms with Crippen molar-refractivity contribution in [1.29, 1.82) is 0 Å². The van der Waals surface area contributed by atoms with Gasteiger partial charge in [0.25, 0.3) is 0 Å². The average molecular weight is 358 g/mol. The Bertz CT molecular complexity index is 653. The first kappa shape index (κ1) is 18.5. The Hall–Kier alpha value is -2.24. The molecule has 1 unspecified atom stereocenters. The zero-order chi connectivity index (χ0) is 18.7. The topological polar surface area (TPSA) is 47.1 Å². The van der Waals surface area contributed by atoms with Crippen LogP contribution < -0.4 is 4.90 Å². The summed E-state index contributed by atoms with van der Waals surface area (Å²) >= 11 is 0. The van der Waals surface area contributed by atoms with E-state index in [0.29, 0.717) is 6.54 Å². The maximum Gasteiger partial charge on any atom is 0.319 e. The molecule has 0 aromatic heterocycles. The number of hydrogen-bond acceptors (Lipinski definition) is 3. The lowest BCUT2D eigenvalue weighted by Gasteiger charge is -2.40. The number of benzene rings is 1. The van der Waals surface area contributed by atoms with Crippen LogP contribution in [0.15, 0.2) is 24.3 Å². The number of carbonyl (C=O) groups excluding carboxylic acids is 2. The standard InChI is InChI=1S/C20H30N4O2/c1-16-6-4-8-18(14-16)22-10-12-23(13-11-22)19(25)17-7-5-9-24(15-17)20(26)21(2)3/h4,6,8,14,17H,5,7,9-13,15H2,1-3H3. The van der Waals surface area contributed by atoms with E-state index in [-0.39, 0.29) is 17.9 Å². The van der Waals surface area contributed by atoms with Crippen LogP contribution in [0.1, 0.15) is 18.4 Å². The highest BCUT2D eigenvalue weighted by Crippen LogP contribution is 2.22. The van der Waals surface area contributed by atoms with Crippen LogP contribution >= 0.6 is 0 Å². The Balaban J connectivity index is 1.55. The van der Waals surface area contributed by atoms with E-state index in [9.17, 15) is 9.59 Å². The number of carbonyl (C=O) groups is 2. The van der Waals surface area contributed by atoms with E-state index in [1.165, 1.54) is 11.3 Å². The predicted octanol–water partition coefficient (Wildman–Crippen LogP) is 2.04. The zero-order valence-corrected chi connectivity index (χ0v) is 16.1. The minimum absolute atomic E-state index is 0.00627. The van der Waals surface area contributed by atoms with E-state index in [1.807, 2.05) is 9.80 Å². The van der Waals surface area contributed by atoms with Gasteiger partial charge in [0, 0.05) is 59.1 Å². The zero-order valence-electron chi connectivity index (χ0n) is 16.1. The molecule has 0 bridgehead atoms. The number of piperazine rings is 1. The number of piperidine rings is 1. The molecule has 2 saturated heterocycles. The summed E-state index contributed by atoms with van der Waals surface area (Å²) in [7, 11) is 3.52. The highest BCUT2D eigenvalue weighted by atomic mass is 16.2. The maximum atomic E-state index is 12.9. The molecule has 0 saturated carbocycles. The largest absolute Gasteiger partial charge is 0.368 e. The van der Waals surface area contributed by atoms with Gasteiger partial charge in [-0.15, -0.1) is 0 Å². The number of hydrogen-bond donors (Lipinski definition) is 0. The van der Waals surface area contributed by atoms with Gasteiger partial charge in [-0.25, -0.2) is 4.79 Å². The molecular formula is C20H30N4O2. The Morgan fingerprint density at radius 2 is 1.77 bits per heavy atom. The van der Waals surface area contributed by atoms with Crippen LogP contribution in [0.3, 0.4) is 0 Å². The summed E-state index contributed by atoms with van der Waals surface area (Å²) in [6, 6.07) is 8.53. The molecule has 0 aliphatic carbocycles. The average Bonchev–Trinajstić information content (AvgIpc) is 2.67. The fourth-order valence-electron chi connectivity index (χ4n) is 3.90. The molecule has 0 radical (unpaired) electrons. The fourth-order valence-corrected chi connectivity index (χ4v) is 3.90. The summed E-state index contributed by atoms with van der Waals surface area (Å²) < 4.78 is 0. The molecule has 0 N–H and O–H groups in total. The van der Waals surface area contributed by atoms with Crippen molar-refractivity contribution >= 4 is 17.6 Å². The third-order valence-corrected chi connectivity index (χ3v) is 5.38. The first-order valence-electron chi connectivity index (χ1n) is 9.52. The van der Waals surface area contributed by atoms with Crippen molar-refractivity contribution in [2.45, 2.75) is 19.8 Å². The van der Waals surface area contributed by atoms with Crippen LogP contribution in [0.4, 0.5) is 10.5 Å². The quantitative estimate of drug-likeness (QED) is 0.813. The van der Waals surface area contributed by atoms with Crippen LogP contribution in [-0.4, -0.2) is 80.0 Å². The van der Waals surface area contributed by atoms with E-state index < -0.39 is 0 Å². The minimum atomic E-state index is -0.0573. The van der Waals surface area contributed by atoms with Crippen molar-refractivity contribution in [2.75, 3.05) is 58.3 Å². The maximum absolute atomic E-state index is 12.9. The van der Waals surface area contributed by atoms with Gasteiger partial charge in [0.1, 0.15) is 0 Å². The fraction of sp³-hybridized carbons (Fsp3) is 0.600. The first-order chi connectivity index (χ1) is 12.5. The molecule has 142 valence electrons. The Morgan fingerprint density at radius 1 is 1.04 bits per heavy atom. The SMILES string of the molecule is Cc1cccc(N2CCN(C(=O)C3CCCN(C(=O)N(C)C)C3)CC2)c1. The Labute approximate surface area is 156 Å². The normalized spacial score (nSPS) is 20.9. The molecule has 6 nitrogen and oxygen atoms in total. The molecule has 2 aliphatic rings. The molecule has 3 rings (SSSR count). The molecule has 0 spiro atoms. The minimum Gasteiger partial charge on any atom is -0.368 e. The summed E-state index contributed by atoms with van der Waals surface area (Å²) in [5.41, 5.74) is 2.49. The lowest BCUT2D eigenvalue weighted by Crippen LogP contribution is -2.53. The molecule has 2 aliphatic heterocycles. The van der Waals surface area contributed by atoms with Crippen molar-refractivity contribution in [1.82, 2.24) is 14.7 Å². The molecule has 1 aromatic rings. The third-order valence-electron chi connectivity index (χ3n) is 5.38. The second-order valence-corrected chi connectivity index (χ2v) is 7.61. The number of likely N-dealkylation sites (tertiary alicyclic amines) is 1. The Morgan fingerprint density at radius 3 is 2.42 bits per heavy atom. The van der Waals surface area contributed by atoms with Gasteiger partial charge < -0.3 is 19.6 Å². The molecule has 3 amide bonds. The van der Waals surface area contributed by atoms with Gasteiger partial charge in [-0.3, -0.25) is 4.79 Å². The molecule has 6 heteroatoms. The summed E-state index contributed by atoms with van der Waals surface area (Å²) in [6.07, 6.45) is 1.79. The molecule has 26 heavy (non-hydrogen) atoms. The molecule has 1 aromatic carbocycles. The van der Waals surface area contributed by atoms with Crippen molar-refractivity contribution in [3.8, 4) is 0 Å². The highest BCUT2D eigenvalue weighted by Gasteiger charge is 2.33. The number of anilines is 1. The van der Waals surface area contributed by atoms with Crippen molar-refractivity contribution in [2.24, 2.45) is 5.92 Å². The van der Waals surface area contributed by atoms with Crippen LogP contribution in [0.5, 0.6) is 0 Å². The summed E-state index contributed by atoms with van der Waals surface area (Å²) in [6.45, 7) is 6.64. The van der Waals surface area contributed by atoms with Crippen molar-refractivity contribution in [3.63, 3.8) is 0 Å². The number of urea groups is 1. The molecular weight excluding hydrogens is 328 g/mol. The number of nitrogens with zero attached hydrogens (tertiary/aromatic N) is 4. The molecule has 2 heterocycles. The van der Waals surface area contributed by atoms with Gasteiger partial charge in [-0.2, -0.15) is 0 Å². The lowest BCUT2D eigenvalue weighted by atomic mass is 9.96. The summed E-state index contributed by atoms with van der Waals surface area (Å²) in [5, 5.41) is 0. The second-order valence-electron chi connectivity index (χ2n) is 7.61. The first-order valence-corrected chi connectivity index (χ1v) is 9.52. The van der Waals surface area contributed by atoms with Crippen molar-refractivity contribution < 1.29 is 9.59 Å². The van der Waals surface area contributed by atoms with Crippen LogP contribution in [0.2, 0.25) is 0 Å². The van der Waals surface area contributed by atoms with E-state index in [4.69, 9.17) is 0 Å². The number of aryl methyl sites for hydroxylation is 1. The summed E-state index contributed by atoms with van der Waals surface area (Å²) in [4.78, 5) is 32.9. The van der Waals surface area contributed by atoms with Crippen LogP contribution in [0.25, 0.3) is 0 Å². The number of rotatable bonds is 2. The molecule has 1 atom stereocenters. The van der Waals surface area contributed by atoms with Crippen LogP contribution in [0, 0.1) is 12.8 Å². The van der Waals surface area contributed by atoms with Crippen LogP contribution in [-0.2, 0) is 4.79 Å². The highest BCUT2D eigenvalue weighted by molar-refractivity contribution is 5.81. The van der Waals surface area contributed by atoms with Gasteiger partial charge in [-0.05, 0) is 37.5 Å². The second kappa shape index (κ2) is 7.98. The lowest BCUT2D eigenvalue weighted by molar-refractivity contribution is -0.137. The number of amides is 3. The Kier molecular flexibility index (Phi) is 5.69. The third kappa shape index (κ3) is 4.11. The van der Waals surface area contributed by atoms with Gasteiger partial charge >= 0.3 is 6.03 Å². The molecule has 2 fully saturated rings. The van der Waals surface area contributed by atoms with E-state index >= 15 is 0 Å². The monoisotopic (exact) mass is 358 g/mol. The van der Waals surface area contributed by atoms with E-state index in [0.717, 1.165) is 45.6 Å². The van der Waals surface area contributed by atoms with Gasteiger partial charge in [0.2, 0.25) is 5.91 Å². The van der Waals surface area contributed by atoms with E-state index in [1.54, 1.807) is 19.0 Å². The van der Waals surface area contributed by atoms with Gasteiger partial charge in [0.15, 0.2) is 0 Å². The smallest absolute Gasteiger partial charge is 0.319 e. The van der Waals surface area contributed by atoms with E-state index in [2.05, 4.69) is 36.1 Å². The van der Waals surface area contributed by atoms with Crippen molar-refractivity contribution in [3.05, 3.63) is 29.8 Å². The summed E-state index contributed by atoms with van der Waals surface area (Å²) in [5.74, 6) is 0.156. The predicted molar refractivity (Wildman–Crippen MR) is 103 cm³/mol. The van der Waals surface area contributed by atoms with Gasteiger partial charge in [-0.1, -0.05) is 12.1 Å². The van der Waals surface area contributed by atoms with Gasteiger partial charge in [0.05, 0.1) is 5.92 Å².